The Morgan fingerprint density at radius 3 is 2.32 bits per heavy atom. The van der Waals surface area contributed by atoms with Crippen molar-refractivity contribution in [2.45, 2.75) is 12.8 Å². The first-order chi connectivity index (χ1) is 8.63. The average molecular weight is 305 g/mol. The van der Waals surface area contributed by atoms with Gasteiger partial charge >= 0.3 is 0 Å². The molecule has 0 aliphatic carbocycles. The van der Waals surface area contributed by atoms with E-state index in [-0.39, 0.29) is 36.9 Å². The van der Waals surface area contributed by atoms with Crippen molar-refractivity contribution in [3.05, 3.63) is 34.9 Å². The number of likely N-dealkylation sites (N-methyl/N-ethyl adjacent to an activating group) is 1. The van der Waals surface area contributed by atoms with Crippen molar-refractivity contribution in [1.82, 2.24) is 10.6 Å². The summed E-state index contributed by atoms with van der Waals surface area (Å²) >= 11 is 5.73. The lowest BCUT2D eigenvalue weighted by molar-refractivity contribution is -0.121. The Bertz CT molecular complexity index is 408. The van der Waals surface area contributed by atoms with Crippen molar-refractivity contribution in [3.8, 4) is 0 Å². The van der Waals surface area contributed by atoms with E-state index >= 15 is 0 Å². The second kappa shape index (κ2) is 9.78. The molecule has 2 N–H and O–H groups in total. The van der Waals surface area contributed by atoms with E-state index in [4.69, 9.17) is 11.6 Å². The van der Waals surface area contributed by atoms with Crippen LogP contribution in [0, 0.1) is 0 Å². The van der Waals surface area contributed by atoms with E-state index in [1.807, 2.05) is 7.05 Å². The van der Waals surface area contributed by atoms with E-state index < -0.39 is 0 Å². The van der Waals surface area contributed by atoms with Gasteiger partial charge in [0.05, 0.1) is 0 Å². The number of nitrogens with one attached hydrogen (secondary N) is 2. The van der Waals surface area contributed by atoms with Crippen LogP contribution in [-0.2, 0) is 4.79 Å². The van der Waals surface area contributed by atoms with Crippen molar-refractivity contribution in [1.29, 1.82) is 0 Å². The minimum absolute atomic E-state index is 0. The molecule has 0 aliphatic heterocycles. The zero-order valence-corrected chi connectivity index (χ0v) is 12.3. The molecule has 0 atom stereocenters. The quantitative estimate of drug-likeness (QED) is 0.599. The van der Waals surface area contributed by atoms with Crippen molar-refractivity contribution >= 4 is 35.7 Å². The van der Waals surface area contributed by atoms with Crippen LogP contribution in [0.5, 0.6) is 0 Å². The zero-order chi connectivity index (χ0) is 13.4. The summed E-state index contributed by atoms with van der Waals surface area (Å²) in [6, 6.07) is 6.68. The molecule has 0 unspecified atom stereocenters. The largest absolute Gasteiger partial charge is 0.355 e. The van der Waals surface area contributed by atoms with E-state index in [0.717, 1.165) is 6.54 Å². The third kappa shape index (κ3) is 7.15. The van der Waals surface area contributed by atoms with Crippen LogP contribution in [0.4, 0.5) is 0 Å². The number of carbonyl (C=O) groups is 2. The molecule has 0 saturated heterocycles. The molecule has 6 heteroatoms. The molecular weight excluding hydrogens is 287 g/mol. The minimum atomic E-state index is -0.104. The maximum absolute atomic E-state index is 11.8. The monoisotopic (exact) mass is 304 g/mol. The van der Waals surface area contributed by atoms with Gasteiger partial charge in [0.2, 0.25) is 5.91 Å². The fourth-order valence-corrected chi connectivity index (χ4v) is 1.55. The van der Waals surface area contributed by atoms with Crippen LogP contribution >= 0.6 is 24.0 Å². The molecule has 1 rings (SSSR count). The highest BCUT2D eigenvalue weighted by Gasteiger charge is 2.08. The molecule has 0 spiro atoms. The van der Waals surface area contributed by atoms with Gasteiger partial charge in [-0.15, -0.1) is 12.4 Å². The number of hydrogen-bond acceptors (Lipinski definition) is 3. The molecule has 0 heterocycles. The first kappa shape index (κ1) is 17.9. The van der Waals surface area contributed by atoms with Gasteiger partial charge in [0.25, 0.3) is 0 Å². The van der Waals surface area contributed by atoms with E-state index in [1.54, 1.807) is 24.3 Å². The summed E-state index contributed by atoms with van der Waals surface area (Å²) in [5.74, 6) is -0.150. The summed E-state index contributed by atoms with van der Waals surface area (Å²) in [7, 11) is 1.82. The Morgan fingerprint density at radius 2 is 1.74 bits per heavy atom. The van der Waals surface area contributed by atoms with Crippen molar-refractivity contribution in [2.24, 2.45) is 0 Å². The molecule has 0 radical (unpaired) electrons. The Labute approximate surface area is 124 Å². The second-order valence-electron chi connectivity index (χ2n) is 3.88. The van der Waals surface area contributed by atoms with Crippen molar-refractivity contribution < 1.29 is 9.59 Å². The highest BCUT2D eigenvalue weighted by atomic mass is 35.5. The van der Waals surface area contributed by atoms with Crippen LogP contribution in [0.3, 0.4) is 0 Å². The molecule has 106 valence electrons. The molecule has 0 fully saturated rings. The fourth-order valence-electron chi connectivity index (χ4n) is 1.42. The van der Waals surface area contributed by atoms with Crippen molar-refractivity contribution in [2.75, 3.05) is 20.1 Å². The van der Waals surface area contributed by atoms with Gasteiger partial charge in [0, 0.05) is 36.5 Å². The molecule has 19 heavy (non-hydrogen) atoms. The lowest BCUT2D eigenvalue weighted by Crippen LogP contribution is -2.30. The number of rotatable bonds is 7. The van der Waals surface area contributed by atoms with Gasteiger partial charge in [-0.1, -0.05) is 11.6 Å². The minimum Gasteiger partial charge on any atom is -0.355 e. The number of carbonyl (C=O) groups excluding carboxylic acids is 2. The Hall–Kier alpha value is -1.10. The third-order valence-corrected chi connectivity index (χ3v) is 2.69. The molecule has 0 bridgehead atoms. The van der Waals surface area contributed by atoms with E-state index in [9.17, 15) is 9.59 Å². The summed E-state index contributed by atoms with van der Waals surface area (Å²) in [5.41, 5.74) is 0.586. The molecule has 0 saturated carbocycles. The molecule has 0 aromatic heterocycles. The summed E-state index contributed by atoms with van der Waals surface area (Å²) in [6.45, 7) is 1.29. The van der Waals surface area contributed by atoms with E-state index in [1.165, 1.54) is 0 Å². The average Bonchev–Trinajstić information content (AvgIpc) is 2.37. The standard InChI is InChI=1S/C13H17ClN2O2.ClH/c1-15-8-9-16-13(18)7-6-12(17)10-2-4-11(14)5-3-10;/h2-5,15H,6-9H2,1H3,(H,16,18);1H. The Kier molecular flexibility index (Phi) is 9.21. The van der Waals surface area contributed by atoms with Gasteiger partial charge in [-0.25, -0.2) is 0 Å². The number of Topliss-reactive ketones (excluding diaryl/α,β-unsaturated/α-hetero) is 1. The van der Waals surface area contributed by atoms with Crippen LogP contribution in [0.2, 0.25) is 5.02 Å². The third-order valence-electron chi connectivity index (χ3n) is 2.44. The normalized spacial score (nSPS) is 9.58. The van der Waals surface area contributed by atoms with Gasteiger partial charge in [-0.2, -0.15) is 0 Å². The molecule has 4 nitrogen and oxygen atoms in total. The maximum Gasteiger partial charge on any atom is 0.220 e. The lowest BCUT2D eigenvalue weighted by atomic mass is 10.1. The highest BCUT2D eigenvalue weighted by molar-refractivity contribution is 6.30. The molecule has 1 amide bonds. The molecule has 0 aliphatic rings. The summed E-state index contributed by atoms with van der Waals surface area (Å²) in [5, 5.41) is 6.24. The maximum atomic E-state index is 11.8. The summed E-state index contributed by atoms with van der Waals surface area (Å²) in [4.78, 5) is 23.2. The van der Waals surface area contributed by atoms with Crippen molar-refractivity contribution in [3.63, 3.8) is 0 Å². The van der Waals surface area contributed by atoms with Crippen LogP contribution in [0.1, 0.15) is 23.2 Å². The molecule has 1 aromatic rings. The Balaban J connectivity index is 0.00000324. The van der Waals surface area contributed by atoms with Crippen LogP contribution in [0.25, 0.3) is 0 Å². The van der Waals surface area contributed by atoms with Gasteiger partial charge < -0.3 is 10.6 Å². The van der Waals surface area contributed by atoms with Gasteiger partial charge in [-0.3, -0.25) is 9.59 Å². The zero-order valence-electron chi connectivity index (χ0n) is 10.7. The number of ketones is 1. The predicted octanol–water partition coefficient (Wildman–Crippen LogP) is 2.06. The summed E-state index contributed by atoms with van der Waals surface area (Å²) < 4.78 is 0. The SMILES string of the molecule is CNCCNC(=O)CCC(=O)c1ccc(Cl)cc1.Cl. The Morgan fingerprint density at radius 1 is 1.11 bits per heavy atom. The highest BCUT2D eigenvalue weighted by Crippen LogP contribution is 2.11. The predicted molar refractivity (Wildman–Crippen MR) is 79.2 cm³/mol. The smallest absolute Gasteiger partial charge is 0.220 e. The fraction of sp³-hybridized carbons (Fsp3) is 0.385. The van der Waals surface area contributed by atoms with Gasteiger partial charge in [-0.05, 0) is 31.3 Å². The van der Waals surface area contributed by atoms with Gasteiger partial charge in [0.1, 0.15) is 0 Å². The van der Waals surface area contributed by atoms with Crippen LogP contribution < -0.4 is 10.6 Å². The number of amides is 1. The van der Waals surface area contributed by atoms with Crippen LogP contribution in [0.15, 0.2) is 24.3 Å². The molecule has 1 aromatic carbocycles. The van der Waals surface area contributed by atoms with E-state index in [0.29, 0.717) is 17.1 Å². The number of hydrogen-bond donors (Lipinski definition) is 2. The topological polar surface area (TPSA) is 58.2 Å². The second-order valence-corrected chi connectivity index (χ2v) is 4.32. The number of halogens is 2. The lowest BCUT2D eigenvalue weighted by Gasteiger charge is -2.04. The first-order valence-electron chi connectivity index (χ1n) is 5.83. The molecular formula is C13H18Cl2N2O2. The van der Waals surface area contributed by atoms with Crippen LogP contribution in [-0.4, -0.2) is 31.8 Å². The summed E-state index contributed by atoms with van der Waals surface area (Å²) in [6.07, 6.45) is 0.429. The first-order valence-corrected chi connectivity index (χ1v) is 6.21. The number of benzene rings is 1. The van der Waals surface area contributed by atoms with Gasteiger partial charge in [0.15, 0.2) is 5.78 Å². The van der Waals surface area contributed by atoms with E-state index in [2.05, 4.69) is 10.6 Å².